The number of carbonyl (C=O) groups is 1. The zero-order valence-corrected chi connectivity index (χ0v) is 17.3. The lowest BCUT2D eigenvalue weighted by Crippen LogP contribution is -2.26. The number of aryl methyl sites for hydroxylation is 1. The standard InChI is InChI=1S/C20H20FN3O3S2/c1-14-6-2-5-9-18(14)29(26,27)23-12-19-24-17(13-28-19)20(25)22-11-10-15-7-3-4-8-16(15)21/h2-9,13,23H,10-12H2,1H3,(H,22,25). The summed E-state index contributed by atoms with van der Waals surface area (Å²) in [6.45, 7) is 1.98. The summed E-state index contributed by atoms with van der Waals surface area (Å²) in [6.07, 6.45) is 0.367. The number of halogens is 1. The highest BCUT2D eigenvalue weighted by Gasteiger charge is 2.17. The maximum atomic E-state index is 13.6. The van der Waals surface area contributed by atoms with E-state index in [1.807, 2.05) is 0 Å². The predicted octanol–water partition coefficient (Wildman–Crippen LogP) is 3.04. The fourth-order valence-corrected chi connectivity index (χ4v) is 4.73. The van der Waals surface area contributed by atoms with Crippen LogP contribution in [-0.4, -0.2) is 25.9 Å². The second kappa shape index (κ2) is 9.25. The van der Waals surface area contributed by atoms with Gasteiger partial charge in [-0.1, -0.05) is 36.4 Å². The molecule has 0 bridgehead atoms. The molecule has 0 fully saturated rings. The van der Waals surface area contributed by atoms with Gasteiger partial charge in [0.05, 0.1) is 11.4 Å². The fraction of sp³-hybridized carbons (Fsp3) is 0.200. The van der Waals surface area contributed by atoms with Crippen LogP contribution >= 0.6 is 11.3 Å². The van der Waals surface area contributed by atoms with E-state index >= 15 is 0 Å². The molecule has 2 aromatic carbocycles. The molecule has 1 aromatic heterocycles. The third-order valence-electron chi connectivity index (χ3n) is 4.22. The second-order valence-electron chi connectivity index (χ2n) is 6.31. The van der Waals surface area contributed by atoms with Gasteiger partial charge in [0.1, 0.15) is 16.5 Å². The number of nitrogens with zero attached hydrogens (tertiary/aromatic N) is 1. The van der Waals surface area contributed by atoms with E-state index in [0.29, 0.717) is 22.6 Å². The molecule has 0 aliphatic carbocycles. The van der Waals surface area contributed by atoms with Crippen molar-refractivity contribution in [3.05, 3.63) is 81.6 Å². The number of amides is 1. The molecule has 1 amide bonds. The minimum Gasteiger partial charge on any atom is -0.350 e. The summed E-state index contributed by atoms with van der Waals surface area (Å²) < 4.78 is 40.9. The number of sulfonamides is 1. The zero-order valence-electron chi connectivity index (χ0n) is 15.7. The van der Waals surface area contributed by atoms with Gasteiger partial charge in [-0.25, -0.2) is 22.5 Å². The van der Waals surface area contributed by atoms with Gasteiger partial charge in [0, 0.05) is 11.9 Å². The van der Waals surface area contributed by atoms with Crippen LogP contribution in [-0.2, 0) is 23.0 Å². The van der Waals surface area contributed by atoms with Gasteiger partial charge < -0.3 is 5.32 Å². The fourth-order valence-electron chi connectivity index (χ4n) is 2.69. The van der Waals surface area contributed by atoms with E-state index in [9.17, 15) is 17.6 Å². The van der Waals surface area contributed by atoms with Crippen molar-refractivity contribution in [1.82, 2.24) is 15.0 Å². The number of nitrogens with one attached hydrogen (secondary N) is 2. The molecule has 152 valence electrons. The molecule has 0 radical (unpaired) electrons. The van der Waals surface area contributed by atoms with Crippen molar-refractivity contribution in [1.29, 1.82) is 0 Å². The van der Waals surface area contributed by atoms with Crippen LogP contribution < -0.4 is 10.0 Å². The number of aromatic nitrogens is 1. The number of thiazole rings is 1. The molecular formula is C20H20FN3O3S2. The van der Waals surface area contributed by atoms with E-state index in [1.54, 1.807) is 48.7 Å². The summed E-state index contributed by atoms with van der Waals surface area (Å²) in [5, 5.41) is 4.73. The Bertz CT molecular complexity index is 1110. The minimum atomic E-state index is -3.67. The molecule has 6 nitrogen and oxygen atoms in total. The van der Waals surface area contributed by atoms with Gasteiger partial charge in [-0.15, -0.1) is 11.3 Å². The highest BCUT2D eigenvalue weighted by atomic mass is 32.2. The SMILES string of the molecule is Cc1ccccc1S(=O)(=O)NCc1nc(C(=O)NCCc2ccccc2F)cs1. The molecule has 0 spiro atoms. The molecule has 1 heterocycles. The summed E-state index contributed by atoms with van der Waals surface area (Å²) in [4.78, 5) is 16.6. The number of rotatable bonds is 8. The summed E-state index contributed by atoms with van der Waals surface area (Å²) in [5.74, 6) is -0.691. The van der Waals surface area contributed by atoms with Crippen molar-refractivity contribution in [3.8, 4) is 0 Å². The van der Waals surface area contributed by atoms with E-state index in [0.717, 1.165) is 0 Å². The first-order valence-electron chi connectivity index (χ1n) is 8.88. The average Bonchev–Trinajstić information content (AvgIpc) is 3.17. The zero-order chi connectivity index (χ0) is 20.9. The molecule has 0 aliphatic heterocycles. The quantitative estimate of drug-likeness (QED) is 0.572. The molecule has 9 heteroatoms. The smallest absolute Gasteiger partial charge is 0.270 e. The second-order valence-corrected chi connectivity index (χ2v) is 8.99. The van der Waals surface area contributed by atoms with Crippen molar-refractivity contribution in [3.63, 3.8) is 0 Å². The van der Waals surface area contributed by atoms with Gasteiger partial charge in [-0.2, -0.15) is 0 Å². The normalized spacial score (nSPS) is 11.4. The maximum absolute atomic E-state index is 13.6. The Morgan fingerprint density at radius 1 is 1.14 bits per heavy atom. The number of hydrogen-bond acceptors (Lipinski definition) is 5. The molecule has 29 heavy (non-hydrogen) atoms. The molecule has 3 rings (SSSR count). The van der Waals surface area contributed by atoms with E-state index in [4.69, 9.17) is 0 Å². The van der Waals surface area contributed by atoms with Gasteiger partial charge in [0.25, 0.3) is 5.91 Å². The predicted molar refractivity (Wildman–Crippen MR) is 110 cm³/mol. The molecule has 2 N–H and O–H groups in total. The Morgan fingerprint density at radius 2 is 1.86 bits per heavy atom. The van der Waals surface area contributed by atoms with Crippen LogP contribution in [0.1, 0.15) is 26.6 Å². The highest BCUT2D eigenvalue weighted by Crippen LogP contribution is 2.16. The van der Waals surface area contributed by atoms with Crippen LogP contribution in [0.25, 0.3) is 0 Å². The lowest BCUT2D eigenvalue weighted by Gasteiger charge is -2.07. The Labute approximate surface area is 172 Å². The first-order chi connectivity index (χ1) is 13.9. The summed E-state index contributed by atoms with van der Waals surface area (Å²) in [5.41, 5.74) is 1.38. The molecule has 0 atom stereocenters. The Balaban J connectivity index is 1.54. The molecule has 0 saturated carbocycles. The molecule has 3 aromatic rings. The van der Waals surface area contributed by atoms with Crippen molar-refractivity contribution >= 4 is 27.3 Å². The van der Waals surface area contributed by atoms with Gasteiger partial charge in [0.15, 0.2) is 0 Å². The van der Waals surface area contributed by atoms with E-state index in [1.165, 1.54) is 23.5 Å². The van der Waals surface area contributed by atoms with Crippen LogP contribution in [0, 0.1) is 12.7 Å². The van der Waals surface area contributed by atoms with Gasteiger partial charge in [0.2, 0.25) is 10.0 Å². The van der Waals surface area contributed by atoms with Crippen LogP contribution in [0.4, 0.5) is 4.39 Å². The molecule has 0 aliphatic rings. The van der Waals surface area contributed by atoms with Crippen molar-refractivity contribution in [2.75, 3.05) is 6.54 Å². The largest absolute Gasteiger partial charge is 0.350 e. The Kier molecular flexibility index (Phi) is 6.73. The first-order valence-corrected chi connectivity index (χ1v) is 11.2. The molecule has 0 saturated heterocycles. The summed E-state index contributed by atoms with van der Waals surface area (Å²) in [6, 6.07) is 13.1. The van der Waals surface area contributed by atoms with E-state index < -0.39 is 10.0 Å². The van der Waals surface area contributed by atoms with Crippen LogP contribution in [0.2, 0.25) is 0 Å². The van der Waals surface area contributed by atoms with Crippen LogP contribution in [0.5, 0.6) is 0 Å². The Morgan fingerprint density at radius 3 is 2.62 bits per heavy atom. The maximum Gasteiger partial charge on any atom is 0.270 e. The highest BCUT2D eigenvalue weighted by molar-refractivity contribution is 7.89. The third-order valence-corrected chi connectivity index (χ3v) is 6.63. The minimum absolute atomic E-state index is 0.0101. The lowest BCUT2D eigenvalue weighted by molar-refractivity contribution is 0.0949. The Hall–Kier alpha value is -2.62. The van der Waals surface area contributed by atoms with Crippen LogP contribution in [0.3, 0.4) is 0 Å². The molecule has 0 unspecified atom stereocenters. The number of hydrogen-bond donors (Lipinski definition) is 2. The topological polar surface area (TPSA) is 88.2 Å². The lowest BCUT2D eigenvalue weighted by atomic mass is 10.1. The van der Waals surface area contributed by atoms with Gasteiger partial charge in [-0.05, 0) is 36.6 Å². The summed E-state index contributed by atoms with van der Waals surface area (Å²) >= 11 is 1.19. The van der Waals surface area contributed by atoms with Crippen molar-refractivity contribution in [2.24, 2.45) is 0 Å². The van der Waals surface area contributed by atoms with Crippen molar-refractivity contribution < 1.29 is 17.6 Å². The monoisotopic (exact) mass is 433 g/mol. The average molecular weight is 434 g/mol. The third kappa shape index (κ3) is 5.47. The summed E-state index contributed by atoms with van der Waals surface area (Å²) in [7, 11) is -3.67. The van der Waals surface area contributed by atoms with Gasteiger partial charge in [-0.3, -0.25) is 4.79 Å². The number of benzene rings is 2. The van der Waals surface area contributed by atoms with E-state index in [-0.39, 0.29) is 35.4 Å². The van der Waals surface area contributed by atoms with Gasteiger partial charge >= 0.3 is 0 Å². The van der Waals surface area contributed by atoms with E-state index in [2.05, 4.69) is 15.0 Å². The first kappa shape index (κ1) is 21.1. The van der Waals surface area contributed by atoms with Crippen LogP contribution in [0.15, 0.2) is 58.8 Å². The number of carbonyl (C=O) groups excluding carboxylic acids is 1. The molecular weight excluding hydrogens is 413 g/mol. The van der Waals surface area contributed by atoms with Crippen molar-refractivity contribution in [2.45, 2.75) is 24.8 Å².